The van der Waals surface area contributed by atoms with Crippen molar-refractivity contribution in [3.05, 3.63) is 22.3 Å². The summed E-state index contributed by atoms with van der Waals surface area (Å²) in [5, 5.41) is 16.9. The minimum atomic E-state index is -3.70. The second kappa shape index (κ2) is 5.08. The largest absolute Gasteiger partial charge is 0.360 e. The van der Waals surface area contributed by atoms with Gasteiger partial charge in [-0.05, 0) is 26.7 Å². The van der Waals surface area contributed by atoms with Gasteiger partial charge in [-0.1, -0.05) is 16.5 Å². The van der Waals surface area contributed by atoms with E-state index in [4.69, 9.17) is 4.52 Å². The number of rotatable bonds is 5. The van der Waals surface area contributed by atoms with Crippen LogP contribution in [-0.2, 0) is 16.6 Å². The van der Waals surface area contributed by atoms with Crippen LogP contribution < -0.4 is 4.72 Å². The molecule has 0 unspecified atom stereocenters. The van der Waals surface area contributed by atoms with E-state index in [1.54, 1.807) is 18.4 Å². The predicted molar refractivity (Wildman–Crippen MR) is 80.6 cm³/mol. The van der Waals surface area contributed by atoms with Crippen molar-refractivity contribution < 1.29 is 12.9 Å². The van der Waals surface area contributed by atoms with Crippen LogP contribution in [-0.4, -0.2) is 33.4 Å². The molecular formula is C12H14N6O3S2. The van der Waals surface area contributed by atoms with Gasteiger partial charge in [-0.15, -0.1) is 10.2 Å². The fourth-order valence-electron chi connectivity index (χ4n) is 2.43. The van der Waals surface area contributed by atoms with Crippen LogP contribution >= 0.6 is 11.3 Å². The van der Waals surface area contributed by atoms with Gasteiger partial charge in [0.1, 0.15) is 15.6 Å². The minimum Gasteiger partial charge on any atom is -0.360 e. The maximum atomic E-state index is 12.4. The van der Waals surface area contributed by atoms with E-state index in [1.165, 1.54) is 11.3 Å². The third-order valence-corrected chi connectivity index (χ3v) is 6.19. The Morgan fingerprint density at radius 1 is 1.35 bits per heavy atom. The maximum absolute atomic E-state index is 12.4. The lowest BCUT2D eigenvalue weighted by atomic mass is 10.4. The molecule has 9 nitrogen and oxygen atoms in total. The Balaban J connectivity index is 1.57. The minimum absolute atomic E-state index is 0.0826. The molecule has 3 aromatic rings. The highest BCUT2D eigenvalue weighted by molar-refractivity contribution is 7.89. The summed E-state index contributed by atoms with van der Waals surface area (Å²) in [6.07, 6.45) is 2.21. The highest BCUT2D eigenvalue weighted by Gasteiger charge is 2.30. The zero-order chi connectivity index (χ0) is 16.2. The molecule has 0 saturated heterocycles. The Bertz CT molecular complexity index is 962. The lowest BCUT2D eigenvalue weighted by Crippen LogP contribution is -2.24. The Kier molecular flexibility index (Phi) is 3.25. The molecule has 0 spiro atoms. The van der Waals surface area contributed by atoms with Crippen LogP contribution in [0.15, 0.2) is 9.42 Å². The monoisotopic (exact) mass is 354 g/mol. The smallest absolute Gasteiger partial charge is 0.246 e. The van der Waals surface area contributed by atoms with Crippen LogP contribution in [0.4, 0.5) is 0 Å². The molecule has 0 atom stereocenters. The molecule has 0 aliphatic heterocycles. The van der Waals surface area contributed by atoms with Gasteiger partial charge < -0.3 is 4.52 Å². The molecule has 1 N–H and O–H groups in total. The molecule has 1 aliphatic carbocycles. The zero-order valence-corrected chi connectivity index (χ0v) is 14.1. The molecule has 122 valence electrons. The summed E-state index contributed by atoms with van der Waals surface area (Å²) in [6, 6.07) is 0. The van der Waals surface area contributed by atoms with E-state index >= 15 is 0 Å². The van der Waals surface area contributed by atoms with Crippen LogP contribution in [0.1, 0.15) is 41.0 Å². The lowest BCUT2D eigenvalue weighted by Gasteiger charge is -2.03. The first-order chi connectivity index (χ1) is 11.0. The van der Waals surface area contributed by atoms with E-state index in [1.807, 2.05) is 0 Å². The van der Waals surface area contributed by atoms with E-state index < -0.39 is 10.0 Å². The summed E-state index contributed by atoms with van der Waals surface area (Å²) in [5.41, 5.74) is 0.337. The number of nitrogens with one attached hydrogen (secondary N) is 1. The van der Waals surface area contributed by atoms with Gasteiger partial charge in [-0.2, -0.15) is 9.61 Å². The number of aromatic nitrogens is 5. The summed E-state index contributed by atoms with van der Waals surface area (Å²) in [4.78, 5) is 0.762. The normalized spacial score (nSPS) is 15.6. The summed E-state index contributed by atoms with van der Waals surface area (Å²) in [6.45, 7) is 3.25. The van der Waals surface area contributed by atoms with Crippen LogP contribution in [0.25, 0.3) is 4.96 Å². The number of sulfonamides is 1. The van der Waals surface area contributed by atoms with Gasteiger partial charge >= 0.3 is 0 Å². The first-order valence-corrected chi connectivity index (χ1v) is 9.39. The first-order valence-electron chi connectivity index (χ1n) is 7.09. The molecule has 0 radical (unpaired) electrons. The van der Waals surface area contributed by atoms with Crippen molar-refractivity contribution >= 4 is 26.3 Å². The second-order valence-corrected chi connectivity index (χ2v) is 8.24. The van der Waals surface area contributed by atoms with Gasteiger partial charge in [0.25, 0.3) is 0 Å². The van der Waals surface area contributed by atoms with Crippen LogP contribution in [0, 0.1) is 13.8 Å². The number of aryl methyl sites for hydroxylation is 2. The van der Waals surface area contributed by atoms with Crippen LogP contribution in [0.2, 0.25) is 0 Å². The summed E-state index contributed by atoms with van der Waals surface area (Å²) in [7, 11) is -3.70. The van der Waals surface area contributed by atoms with Gasteiger partial charge in [0.05, 0.1) is 6.54 Å². The Labute approximate surface area is 135 Å². The molecular weight excluding hydrogens is 340 g/mol. The van der Waals surface area contributed by atoms with E-state index in [0.29, 0.717) is 21.6 Å². The molecule has 1 saturated carbocycles. The quantitative estimate of drug-likeness (QED) is 0.730. The molecule has 1 fully saturated rings. The van der Waals surface area contributed by atoms with Crippen molar-refractivity contribution in [3.63, 3.8) is 0 Å². The Morgan fingerprint density at radius 2 is 2.13 bits per heavy atom. The fraction of sp³-hybridized carbons (Fsp3) is 0.500. The standard InChI is InChI=1S/C12H14N6O3S2/c1-6-10(7(2)21-17-6)23(19,20)13-5-9-16-18-11(8-3-4-8)14-15-12(18)22-9/h8,13H,3-5H2,1-2H3. The molecule has 0 amide bonds. The lowest BCUT2D eigenvalue weighted by molar-refractivity contribution is 0.390. The van der Waals surface area contributed by atoms with Gasteiger partial charge in [0, 0.05) is 5.92 Å². The van der Waals surface area contributed by atoms with E-state index in [9.17, 15) is 8.42 Å². The fourth-order valence-corrected chi connectivity index (χ4v) is 4.61. The highest BCUT2D eigenvalue weighted by Crippen LogP contribution is 2.39. The highest BCUT2D eigenvalue weighted by atomic mass is 32.2. The summed E-state index contributed by atoms with van der Waals surface area (Å²) < 4.78 is 33.9. The van der Waals surface area contributed by atoms with Crippen molar-refractivity contribution in [2.75, 3.05) is 0 Å². The SMILES string of the molecule is Cc1noc(C)c1S(=O)(=O)NCc1nn2c(C3CC3)nnc2s1. The van der Waals surface area contributed by atoms with Crippen molar-refractivity contribution in [1.82, 2.24) is 29.7 Å². The topological polar surface area (TPSA) is 115 Å². The van der Waals surface area contributed by atoms with Gasteiger partial charge in [0.15, 0.2) is 11.6 Å². The van der Waals surface area contributed by atoms with Crippen molar-refractivity contribution in [1.29, 1.82) is 0 Å². The first kappa shape index (κ1) is 14.7. The van der Waals surface area contributed by atoms with Gasteiger partial charge in [-0.25, -0.2) is 13.1 Å². The van der Waals surface area contributed by atoms with Crippen molar-refractivity contribution in [2.24, 2.45) is 0 Å². The van der Waals surface area contributed by atoms with Crippen LogP contribution in [0.5, 0.6) is 0 Å². The van der Waals surface area contributed by atoms with Gasteiger partial charge in [0.2, 0.25) is 15.0 Å². The zero-order valence-electron chi connectivity index (χ0n) is 12.5. The maximum Gasteiger partial charge on any atom is 0.246 e. The summed E-state index contributed by atoms with van der Waals surface area (Å²) in [5.74, 6) is 1.55. The molecule has 1 aliphatic rings. The average molecular weight is 354 g/mol. The Hall–Kier alpha value is -1.85. The second-order valence-electron chi connectivity index (χ2n) is 5.50. The van der Waals surface area contributed by atoms with E-state index in [-0.39, 0.29) is 17.2 Å². The van der Waals surface area contributed by atoms with Gasteiger partial charge in [-0.3, -0.25) is 0 Å². The summed E-state index contributed by atoms with van der Waals surface area (Å²) >= 11 is 1.32. The van der Waals surface area contributed by atoms with Crippen LogP contribution in [0.3, 0.4) is 0 Å². The molecule has 11 heteroatoms. The number of nitrogens with zero attached hydrogens (tertiary/aromatic N) is 5. The molecule has 0 aromatic carbocycles. The predicted octanol–water partition coefficient (Wildman–Crippen LogP) is 1.15. The molecule has 3 heterocycles. The number of hydrogen-bond donors (Lipinski definition) is 1. The van der Waals surface area contributed by atoms with E-state index in [2.05, 4.69) is 25.2 Å². The number of fused-ring (bicyclic) bond motifs is 1. The van der Waals surface area contributed by atoms with E-state index in [0.717, 1.165) is 18.7 Å². The molecule has 4 rings (SSSR count). The van der Waals surface area contributed by atoms with Crippen molar-refractivity contribution in [3.8, 4) is 0 Å². The number of hydrogen-bond acceptors (Lipinski definition) is 8. The third-order valence-electron chi connectivity index (χ3n) is 3.65. The average Bonchev–Trinajstić information content (AvgIpc) is 2.98. The molecule has 23 heavy (non-hydrogen) atoms. The molecule has 3 aromatic heterocycles. The van der Waals surface area contributed by atoms with Crippen molar-refractivity contribution in [2.45, 2.75) is 44.0 Å². The third kappa shape index (κ3) is 2.54. The Morgan fingerprint density at radius 3 is 2.78 bits per heavy atom. The molecule has 0 bridgehead atoms.